The fraction of sp³-hybridized carbons (Fsp3) is 0.286. The molecule has 0 radical (unpaired) electrons. The Kier molecular flexibility index (Phi) is 6.37. The zero-order valence-corrected chi connectivity index (χ0v) is 15.6. The van der Waals surface area contributed by atoms with Crippen LogP contribution < -0.4 is 5.32 Å². The molecule has 2 aromatic carbocycles. The van der Waals surface area contributed by atoms with E-state index in [0.717, 1.165) is 16.8 Å². The van der Waals surface area contributed by atoms with Crippen molar-refractivity contribution in [1.82, 2.24) is 10.2 Å². The van der Waals surface area contributed by atoms with Gasteiger partial charge in [0, 0.05) is 19.5 Å². The highest BCUT2D eigenvalue weighted by atomic mass is 19.1. The van der Waals surface area contributed by atoms with Gasteiger partial charge in [-0.15, -0.1) is 0 Å². The van der Waals surface area contributed by atoms with Gasteiger partial charge in [-0.3, -0.25) is 9.59 Å². The number of hydrogen-bond donors (Lipinski definition) is 1. The van der Waals surface area contributed by atoms with Crippen LogP contribution in [0.5, 0.6) is 0 Å². The SMILES string of the molecule is CCN(CC(=O)NCc1ccc(F)cc1)C(=O)C1CC(c2ccccc2)=NO1. The maximum absolute atomic E-state index is 12.9. The van der Waals surface area contributed by atoms with E-state index >= 15 is 0 Å². The molecule has 6 nitrogen and oxygen atoms in total. The summed E-state index contributed by atoms with van der Waals surface area (Å²) in [5.41, 5.74) is 2.41. The molecule has 3 rings (SSSR count). The Balaban J connectivity index is 1.51. The molecule has 1 atom stereocenters. The Labute approximate surface area is 163 Å². The van der Waals surface area contributed by atoms with Crippen LogP contribution in [0.4, 0.5) is 4.39 Å². The first-order chi connectivity index (χ1) is 13.6. The van der Waals surface area contributed by atoms with Gasteiger partial charge in [0.25, 0.3) is 5.91 Å². The van der Waals surface area contributed by atoms with Gasteiger partial charge in [0.15, 0.2) is 0 Å². The molecule has 1 aliphatic rings. The van der Waals surface area contributed by atoms with E-state index < -0.39 is 6.10 Å². The molecule has 28 heavy (non-hydrogen) atoms. The molecule has 2 amide bonds. The van der Waals surface area contributed by atoms with Gasteiger partial charge in [-0.2, -0.15) is 0 Å². The lowest BCUT2D eigenvalue weighted by Gasteiger charge is -2.22. The normalized spacial score (nSPS) is 15.5. The summed E-state index contributed by atoms with van der Waals surface area (Å²) in [6.07, 6.45) is -0.351. The molecule has 0 bridgehead atoms. The van der Waals surface area contributed by atoms with E-state index in [1.165, 1.54) is 17.0 Å². The molecule has 7 heteroatoms. The van der Waals surface area contributed by atoms with Crippen molar-refractivity contribution in [3.63, 3.8) is 0 Å². The number of likely N-dealkylation sites (N-methyl/N-ethyl adjacent to an activating group) is 1. The molecule has 2 aromatic rings. The monoisotopic (exact) mass is 383 g/mol. The second-order valence-electron chi connectivity index (χ2n) is 6.46. The van der Waals surface area contributed by atoms with Crippen molar-refractivity contribution in [3.05, 3.63) is 71.5 Å². The van der Waals surface area contributed by atoms with Gasteiger partial charge in [0.05, 0.1) is 12.3 Å². The van der Waals surface area contributed by atoms with Crippen molar-refractivity contribution >= 4 is 17.5 Å². The summed E-state index contributed by atoms with van der Waals surface area (Å²) in [5.74, 6) is -0.887. The van der Waals surface area contributed by atoms with Crippen molar-refractivity contribution in [3.8, 4) is 0 Å². The Morgan fingerprint density at radius 3 is 2.57 bits per heavy atom. The predicted molar refractivity (Wildman–Crippen MR) is 103 cm³/mol. The van der Waals surface area contributed by atoms with Crippen LogP contribution in [0.3, 0.4) is 0 Å². The van der Waals surface area contributed by atoms with Gasteiger partial charge in [-0.25, -0.2) is 4.39 Å². The van der Waals surface area contributed by atoms with Crippen molar-refractivity contribution in [1.29, 1.82) is 0 Å². The van der Waals surface area contributed by atoms with E-state index in [-0.39, 0.29) is 30.7 Å². The maximum Gasteiger partial charge on any atom is 0.267 e. The van der Waals surface area contributed by atoms with Gasteiger partial charge < -0.3 is 15.1 Å². The zero-order chi connectivity index (χ0) is 19.9. The Morgan fingerprint density at radius 1 is 1.18 bits per heavy atom. The summed E-state index contributed by atoms with van der Waals surface area (Å²) < 4.78 is 12.9. The number of hydrogen-bond acceptors (Lipinski definition) is 4. The largest absolute Gasteiger partial charge is 0.382 e. The van der Waals surface area contributed by atoms with Crippen LogP contribution in [-0.2, 0) is 21.0 Å². The van der Waals surface area contributed by atoms with Crippen LogP contribution in [0.1, 0.15) is 24.5 Å². The number of amides is 2. The minimum atomic E-state index is -0.722. The first-order valence-electron chi connectivity index (χ1n) is 9.15. The molecule has 0 saturated carbocycles. The lowest BCUT2D eigenvalue weighted by Crippen LogP contribution is -2.45. The molecular formula is C21H22FN3O3. The molecule has 0 saturated heterocycles. The Hall–Kier alpha value is -3.22. The third-order valence-electron chi connectivity index (χ3n) is 4.48. The minimum Gasteiger partial charge on any atom is -0.382 e. The van der Waals surface area contributed by atoms with Crippen molar-refractivity contribution < 1.29 is 18.8 Å². The Morgan fingerprint density at radius 2 is 1.89 bits per heavy atom. The van der Waals surface area contributed by atoms with Crippen molar-refractivity contribution in [2.45, 2.75) is 26.0 Å². The second-order valence-corrected chi connectivity index (χ2v) is 6.46. The number of carbonyl (C=O) groups is 2. The first-order valence-corrected chi connectivity index (χ1v) is 9.15. The molecule has 1 N–H and O–H groups in total. The topological polar surface area (TPSA) is 71.0 Å². The number of benzene rings is 2. The molecule has 1 unspecified atom stereocenters. The second kappa shape index (κ2) is 9.12. The highest BCUT2D eigenvalue weighted by Gasteiger charge is 2.32. The summed E-state index contributed by atoms with van der Waals surface area (Å²) in [6.45, 7) is 2.38. The average Bonchev–Trinajstić information content (AvgIpc) is 3.22. The number of nitrogens with one attached hydrogen (secondary N) is 1. The standard InChI is InChI=1S/C21H22FN3O3/c1-2-25(14-20(26)23-13-15-8-10-17(22)11-9-15)21(27)19-12-18(24-28-19)16-6-4-3-5-7-16/h3-11,19H,2,12-14H2,1H3,(H,23,26). The fourth-order valence-corrected chi connectivity index (χ4v) is 2.89. The quantitative estimate of drug-likeness (QED) is 0.799. The lowest BCUT2D eigenvalue weighted by atomic mass is 10.0. The smallest absolute Gasteiger partial charge is 0.267 e. The summed E-state index contributed by atoms with van der Waals surface area (Å²) in [6, 6.07) is 15.4. The van der Waals surface area contributed by atoms with Crippen LogP contribution in [0.2, 0.25) is 0 Å². The van der Waals surface area contributed by atoms with Crippen LogP contribution in [0.25, 0.3) is 0 Å². The van der Waals surface area contributed by atoms with Gasteiger partial charge in [0.2, 0.25) is 12.0 Å². The van der Waals surface area contributed by atoms with E-state index in [0.29, 0.717) is 13.0 Å². The number of rotatable bonds is 7. The molecule has 0 spiro atoms. The molecule has 0 aromatic heterocycles. The third kappa shape index (κ3) is 4.94. The third-order valence-corrected chi connectivity index (χ3v) is 4.48. The fourth-order valence-electron chi connectivity index (χ4n) is 2.89. The van der Waals surface area contributed by atoms with E-state index in [4.69, 9.17) is 4.84 Å². The molecule has 0 fully saturated rings. The number of carbonyl (C=O) groups excluding carboxylic acids is 2. The van der Waals surface area contributed by atoms with E-state index in [1.807, 2.05) is 30.3 Å². The van der Waals surface area contributed by atoms with Crippen LogP contribution in [-0.4, -0.2) is 41.6 Å². The van der Waals surface area contributed by atoms with E-state index in [2.05, 4.69) is 10.5 Å². The number of nitrogens with zero attached hydrogens (tertiary/aromatic N) is 2. The molecule has 0 aliphatic carbocycles. The van der Waals surface area contributed by atoms with Gasteiger partial charge in [0.1, 0.15) is 5.82 Å². The summed E-state index contributed by atoms with van der Waals surface area (Å²) in [5, 5.41) is 6.76. The lowest BCUT2D eigenvalue weighted by molar-refractivity contribution is -0.144. The van der Waals surface area contributed by atoms with Gasteiger partial charge in [-0.05, 0) is 30.2 Å². The highest BCUT2D eigenvalue weighted by Crippen LogP contribution is 2.18. The zero-order valence-electron chi connectivity index (χ0n) is 15.6. The summed E-state index contributed by atoms with van der Waals surface area (Å²) >= 11 is 0. The molecular weight excluding hydrogens is 361 g/mol. The average molecular weight is 383 g/mol. The van der Waals surface area contributed by atoms with E-state index in [1.54, 1.807) is 19.1 Å². The first kappa shape index (κ1) is 19.5. The molecule has 1 heterocycles. The maximum atomic E-state index is 12.9. The number of halogens is 1. The molecule has 1 aliphatic heterocycles. The summed E-state index contributed by atoms with van der Waals surface area (Å²) in [7, 11) is 0. The predicted octanol–water partition coefficient (Wildman–Crippen LogP) is 2.48. The van der Waals surface area contributed by atoms with Crippen molar-refractivity contribution in [2.24, 2.45) is 5.16 Å². The molecule has 146 valence electrons. The van der Waals surface area contributed by atoms with Crippen molar-refractivity contribution in [2.75, 3.05) is 13.1 Å². The van der Waals surface area contributed by atoms with Gasteiger partial charge in [-0.1, -0.05) is 47.6 Å². The Bertz CT molecular complexity index is 853. The number of oxime groups is 1. The highest BCUT2D eigenvalue weighted by molar-refractivity contribution is 6.04. The minimum absolute atomic E-state index is 0.0724. The van der Waals surface area contributed by atoms with Crippen LogP contribution in [0, 0.1) is 5.82 Å². The summed E-state index contributed by atoms with van der Waals surface area (Å²) in [4.78, 5) is 31.7. The van der Waals surface area contributed by atoms with Gasteiger partial charge >= 0.3 is 0 Å². The van der Waals surface area contributed by atoms with E-state index in [9.17, 15) is 14.0 Å². The van der Waals surface area contributed by atoms with Crippen LogP contribution >= 0.6 is 0 Å². The van der Waals surface area contributed by atoms with Crippen LogP contribution in [0.15, 0.2) is 59.8 Å².